The number of rotatable bonds is 2. The molecule has 0 radical (unpaired) electrons. The Bertz CT molecular complexity index is 209. The van der Waals surface area contributed by atoms with Crippen LogP contribution >= 0.6 is 11.5 Å². The van der Waals surface area contributed by atoms with Crippen LogP contribution in [0.15, 0.2) is 5.38 Å². The molecule has 0 aliphatic rings. The first-order valence-corrected chi connectivity index (χ1v) is 3.49. The highest BCUT2D eigenvalue weighted by Crippen LogP contribution is 1.98. The number of hydrogen-bond donors (Lipinski definition) is 0. The smallest absolute Gasteiger partial charge is 0.311 e. The molecule has 54 valence electrons. The number of esters is 1. The van der Waals surface area contributed by atoms with E-state index in [1.54, 1.807) is 5.38 Å². The van der Waals surface area contributed by atoms with Crippen LogP contribution in [0.5, 0.6) is 0 Å². The summed E-state index contributed by atoms with van der Waals surface area (Å²) in [6.45, 7) is 0. The van der Waals surface area contributed by atoms with Crippen LogP contribution in [-0.4, -0.2) is 22.7 Å². The molecule has 1 rings (SSSR count). The molecule has 0 saturated carbocycles. The van der Waals surface area contributed by atoms with Crippen molar-refractivity contribution in [2.45, 2.75) is 6.42 Å². The maximum atomic E-state index is 10.6. The molecule has 0 unspecified atom stereocenters. The minimum absolute atomic E-state index is 0.215. The van der Waals surface area contributed by atoms with Crippen molar-refractivity contribution in [3.05, 3.63) is 11.1 Å². The molecule has 1 aromatic rings. The Kier molecular flexibility index (Phi) is 2.33. The number of hydrogen-bond acceptors (Lipinski definition) is 5. The van der Waals surface area contributed by atoms with Gasteiger partial charge < -0.3 is 4.74 Å². The maximum absolute atomic E-state index is 10.6. The lowest BCUT2D eigenvalue weighted by Crippen LogP contribution is -2.04. The van der Waals surface area contributed by atoms with Gasteiger partial charge in [0.2, 0.25) is 0 Å². The molecule has 0 saturated heterocycles. The van der Waals surface area contributed by atoms with Gasteiger partial charge in [0.25, 0.3) is 0 Å². The molecule has 0 spiro atoms. The van der Waals surface area contributed by atoms with Gasteiger partial charge in [0.15, 0.2) is 0 Å². The summed E-state index contributed by atoms with van der Waals surface area (Å²) in [5, 5.41) is 5.39. The fourth-order valence-electron chi connectivity index (χ4n) is 0.481. The van der Waals surface area contributed by atoms with Gasteiger partial charge in [-0.3, -0.25) is 4.79 Å². The Morgan fingerprint density at radius 1 is 1.90 bits per heavy atom. The fourth-order valence-corrected chi connectivity index (χ4v) is 0.932. The van der Waals surface area contributed by atoms with E-state index in [0.29, 0.717) is 5.69 Å². The third-order valence-electron chi connectivity index (χ3n) is 0.958. The zero-order chi connectivity index (χ0) is 7.40. The highest BCUT2D eigenvalue weighted by molar-refractivity contribution is 7.03. The zero-order valence-corrected chi connectivity index (χ0v) is 6.22. The van der Waals surface area contributed by atoms with Crippen LogP contribution in [0.2, 0.25) is 0 Å². The molecule has 5 heteroatoms. The standard InChI is InChI=1S/C5H6N2O2S/c1-9-5(8)2-4-3-10-7-6-4/h3H,2H2,1H3. The molecular formula is C5H6N2O2S. The molecule has 0 aromatic carbocycles. The molecular weight excluding hydrogens is 152 g/mol. The van der Waals surface area contributed by atoms with Crippen LogP contribution in [0, 0.1) is 0 Å². The average Bonchev–Trinajstić information content (AvgIpc) is 2.40. The lowest BCUT2D eigenvalue weighted by Gasteiger charge is -1.91. The Morgan fingerprint density at radius 2 is 2.70 bits per heavy atom. The number of aromatic nitrogens is 2. The van der Waals surface area contributed by atoms with Gasteiger partial charge in [-0.2, -0.15) is 0 Å². The van der Waals surface area contributed by atoms with E-state index in [-0.39, 0.29) is 12.4 Å². The third kappa shape index (κ3) is 1.77. The summed E-state index contributed by atoms with van der Waals surface area (Å²) in [7, 11) is 1.35. The van der Waals surface area contributed by atoms with E-state index in [0.717, 1.165) is 0 Å². The van der Waals surface area contributed by atoms with E-state index in [2.05, 4.69) is 14.3 Å². The Morgan fingerprint density at radius 3 is 3.20 bits per heavy atom. The van der Waals surface area contributed by atoms with Gasteiger partial charge >= 0.3 is 5.97 Å². The SMILES string of the molecule is COC(=O)Cc1csnn1. The van der Waals surface area contributed by atoms with Crippen LogP contribution < -0.4 is 0 Å². The number of ether oxygens (including phenoxy) is 1. The molecule has 1 heterocycles. The second-order valence-corrected chi connectivity index (χ2v) is 2.26. The summed E-state index contributed by atoms with van der Waals surface area (Å²) in [4.78, 5) is 10.6. The number of carbonyl (C=O) groups is 1. The zero-order valence-electron chi connectivity index (χ0n) is 5.40. The van der Waals surface area contributed by atoms with E-state index in [9.17, 15) is 4.79 Å². The third-order valence-corrected chi connectivity index (χ3v) is 1.51. The lowest BCUT2D eigenvalue weighted by atomic mass is 10.3. The molecule has 10 heavy (non-hydrogen) atoms. The van der Waals surface area contributed by atoms with Crippen molar-refractivity contribution in [3.63, 3.8) is 0 Å². The number of nitrogens with zero attached hydrogens (tertiary/aromatic N) is 2. The van der Waals surface area contributed by atoms with Crippen molar-refractivity contribution in [1.82, 2.24) is 9.59 Å². The van der Waals surface area contributed by atoms with Crippen LogP contribution in [0.1, 0.15) is 5.69 Å². The van der Waals surface area contributed by atoms with E-state index in [1.165, 1.54) is 18.6 Å². The van der Waals surface area contributed by atoms with Crippen LogP contribution in [0.3, 0.4) is 0 Å². The second-order valence-electron chi connectivity index (χ2n) is 1.65. The van der Waals surface area contributed by atoms with Gasteiger partial charge in [-0.25, -0.2) is 0 Å². The summed E-state index contributed by atoms with van der Waals surface area (Å²) in [6, 6.07) is 0. The largest absolute Gasteiger partial charge is 0.469 e. The lowest BCUT2D eigenvalue weighted by molar-refractivity contribution is -0.139. The van der Waals surface area contributed by atoms with E-state index < -0.39 is 0 Å². The van der Waals surface area contributed by atoms with Gasteiger partial charge in [-0.15, -0.1) is 5.10 Å². The molecule has 0 aliphatic carbocycles. The van der Waals surface area contributed by atoms with Crippen molar-refractivity contribution < 1.29 is 9.53 Å². The topological polar surface area (TPSA) is 52.1 Å². The first-order chi connectivity index (χ1) is 4.83. The van der Waals surface area contributed by atoms with E-state index in [1.807, 2.05) is 0 Å². The Labute approximate surface area is 62.0 Å². The molecule has 4 nitrogen and oxygen atoms in total. The van der Waals surface area contributed by atoms with Crippen LogP contribution in [0.4, 0.5) is 0 Å². The summed E-state index contributed by atoms with van der Waals surface area (Å²) in [5.74, 6) is -0.285. The summed E-state index contributed by atoms with van der Waals surface area (Å²) in [5.41, 5.74) is 0.664. The van der Waals surface area contributed by atoms with Gasteiger partial charge in [-0.1, -0.05) is 4.49 Å². The minimum Gasteiger partial charge on any atom is -0.469 e. The molecule has 1 aromatic heterocycles. The van der Waals surface area contributed by atoms with Gasteiger partial charge in [0, 0.05) is 5.38 Å². The van der Waals surface area contributed by atoms with Crippen molar-refractivity contribution in [2.75, 3.05) is 7.11 Å². The minimum atomic E-state index is -0.285. The predicted molar refractivity (Wildman–Crippen MR) is 35.6 cm³/mol. The Hall–Kier alpha value is -0.970. The van der Waals surface area contributed by atoms with Crippen molar-refractivity contribution in [2.24, 2.45) is 0 Å². The highest BCUT2D eigenvalue weighted by Gasteiger charge is 2.03. The summed E-state index contributed by atoms with van der Waals surface area (Å²) >= 11 is 1.22. The van der Waals surface area contributed by atoms with E-state index in [4.69, 9.17) is 0 Å². The fraction of sp³-hybridized carbons (Fsp3) is 0.400. The van der Waals surface area contributed by atoms with Gasteiger partial charge in [0.05, 0.1) is 19.2 Å². The first-order valence-electron chi connectivity index (χ1n) is 2.65. The maximum Gasteiger partial charge on any atom is 0.311 e. The average molecular weight is 158 g/mol. The van der Waals surface area contributed by atoms with Crippen molar-refractivity contribution in [1.29, 1.82) is 0 Å². The van der Waals surface area contributed by atoms with Crippen molar-refractivity contribution >= 4 is 17.5 Å². The molecule has 0 bridgehead atoms. The molecule has 0 fully saturated rings. The first kappa shape index (κ1) is 7.14. The second kappa shape index (κ2) is 3.26. The van der Waals surface area contributed by atoms with Gasteiger partial charge in [0.1, 0.15) is 0 Å². The monoisotopic (exact) mass is 158 g/mol. The molecule has 0 atom stereocenters. The number of methoxy groups -OCH3 is 1. The molecule has 0 aliphatic heterocycles. The highest BCUT2D eigenvalue weighted by atomic mass is 32.1. The van der Waals surface area contributed by atoms with Crippen LogP contribution in [-0.2, 0) is 16.0 Å². The molecule has 0 amide bonds. The number of carbonyl (C=O) groups excluding carboxylic acids is 1. The Balaban J connectivity index is 2.48. The van der Waals surface area contributed by atoms with Crippen LogP contribution in [0.25, 0.3) is 0 Å². The van der Waals surface area contributed by atoms with Crippen molar-refractivity contribution in [3.8, 4) is 0 Å². The summed E-state index contributed by atoms with van der Waals surface area (Å²) in [6.07, 6.45) is 0.215. The van der Waals surface area contributed by atoms with Gasteiger partial charge in [-0.05, 0) is 11.5 Å². The quantitative estimate of drug-likeness (QED) is 0.579. The summed E-state index contributed by atoms with van der Waals surface area (Å²) < 4.78 is 8.01. The van der Waals surface area contributed by atoms with E-state index >= 15 is 0 Å². The predicted octanol–water partition coefficient (Wildman–Crippen LogP) is 0.254. The normalized spacial score (nSPS) is 9.30. The molecule has 0 N–H and O–H groups in total.